The summed E-state index contributed by atoms with van der Waals surface area (Å²) in [6.07, 6.45) is 0. The number of aromatic nitrogens is 2. The summed E-state index contributed by atoms with van der Waals surface area (Å²) in [5.41, 5.74) is 7.19. The van der Waals surface area contributed by atoms with E-state index in [-0.39, 0.29) is 5.69 Å². The highest BCUT2D eigenvalue weighted by Crippen LogP contribution is 2.25. The molecule has 0 aliphatic carbocycles. The summed E-state index contributed by atoms with van der Waals surface area (Å²) >= 11 is 0. The number of nitro groups is 1. The van der Waals surface area contributed by atoms with Gasteiger partial charge in [-0.15, -0.1) is 0 Å². The van der Waals surface area contributed by atoms with Crippen LogP contribution < -0.4 is 5.43 Å². The van der Waals surface area contributed by atoms with E-state index in [0.29, 0.717) is 22.9 Å². The van der Waals surface area contributed by atoms with Crippen LogP contribution in [-0.4, -0.2) is 20.6 Å². The highest BCUT2D eigenvalue weighted by Gasteiger charge is 2.10. The molecular formula is C23H19N5O2. The highest BCUT2D eigenvalue weighted by atomic mass is 16.6. The van der Waals surface area contributed by atoms with E-state index in [0.717, 1.165) is 22.0 Å². The lowest BCUT2D eigenvalue weighted by Gasteiger charge is -2.09. The number of benzene rings is 3. The fraction of sp³-hybridized carbons (Fsp3) is 0.0870. The first-order chi connectivity index (χ1) is 14.5. The van der Waals surface area contributed by atoms with Gasteiger partial charge in [0.05, 0.1) is 16.2 Å². The lowest BCUT2D eigenvalue weighted by atomic mass is 10.1. The number of hydrogen-bond acceptors (Lipinski definition) is 6. The van der Waals surface area contributed by atoms with Crippen molar-refractivity contribution in [3.8, 4) is 11.4 Å². The standard InChI is InChI=1S/C23H19N5O2/c1-15-10-12-17(13-11-15)22-24-21-9-4-3-8-20(21)23(25-22)27-26-16(2)18-6-5-7-19(14-18)28(29)30/h3-14H,1-2H3,(H,24,25,27). The van der Waals surface area contributed by atoms with Gasteiger partial charge >= 0.3 is 0 Å². The van der Waals surface area contributed by atoms with Gasteiger partial charge in [0.1, 0.15) is 0 Å². The molecule has 0 spiro atoms. The van der Waals surface area contributed by atoms with Crippen molar-refractivity contribution in [2.24, 2.45) is 5.10 Å². The Bertz CT molecular complexity index is 1270. The van der Waals surface area contributed by atoms with Crippen LogP contribution in [-0.2, 0) is 0 Å². The molecule has 4 rings (SSSR count). The van der Waals surface area contributed by atoms with Crippen LogP contribution in [0.2, 0.25) is 0 Å². The molecule has 0 saturated heterocycles. The van der Waals surface area contributed by atoms with Gasteiger partial charge < -0.3 is 0 Å². The van der Waals surface area contributed by atoms with E-state index in [2.05, 4.69) is 20.5 Å². The van der Waals surface area contributed by atoms with Crippen molar-refractivity contribution in [2.45, 2.75) is 13.8 Å². The van der Waals surface area contributed by atoms with Crippen molar-refractivity contribution >= 4 is 28.1 Å². The van der Waals surface area contributed by atoms with Crippen LogP contribution in [0.5, 0.6) is 0 Å². The van der Waals surface area contributed by atoms with Crippen LogP contribution in [0.25, 0.3) is 22.3 Å². The molecule has 0 unspecified atom stereocenters. The third kappa shape index (κ3) is 4.00. The molecule has 0 aliphatic rings. The van der Waals surface area contributed by atoms with Crippen molar-refractivity contribution in [2.75, 3.05) is 5.43 Å². The Morgan fingerprint density at radius 3 is 2.53 bits per heavy atom. The first-order valence-corrected chi connectivity index (χ1v) is 9.40. The van der Waals surface area contributed by atoms with Crippen molar-refractivity contribution in [3.63, 3.8) is 0 Å². The number of hydrogen-bond donors (Lipinski definition) is 1. The third-order valence-electron chi connectivity index (χ3n) is 4.72. The smallest absolute Gasteiger partial charge is 0.260 e. The first kappa shape index (κ1) is 19.2. The molecule has 148 valence electrons. The Kier molecular flexibility index (Phi) is 5.17. The molecule has 1 N–H and O–H groups in total. The van der Waals surface area contributed by atoms with E-state index in [1.807, 2.05) is 55.5 Å². The molecule has 0 atom stereocenters. The molecule has 0 saturated carbocycles. The van der Waals surface area contributed by atoms with E-state index >= 15 is 0 Å². The molecule has 3 aromatic carbocycles. The zero-order chi connectivity index (χ0) is 21.1. The van der Waals surface area contributed by atoms with Crippen LogP contribution in [0.4, 0.5) is 11.5 Å². The summed E-state index contributed by atoms with van der Waals surface area (Å²) in [7, 11) is 0. The maximum Gasteiger partial charge on any atom is 0.270 e. The van der Waals surface area contributed by atoms with Crippen LogP contribution in [0, 0.1) is 17.0 Å². The van der Waals surface area contributed by atoms with Gasteiger partial charge in [-0.25, -0.2) is 9.97 Å². The number of rotatable bonds is 5. The van der Waals surface area contributed by atoms with Crippen molar-refractivity contribution in [1.29, 1.82) is 0 Å². The van der Waals surface area contributed by atoms with Gasteiger partial charge in [0.15, 0.2) is 11.6 Å². The minimum absolute atomic E-state index is 0.0243. The molecule has 4 aromatic rings. The van der Waals surface area contributed by atoms with E-state index in [1.165, 1.54) is 12.1 Å². The van der Waals surface area contributed by atoms with Gasteiger partial charge in [-0.1, -0.05) is 54.1 Å². The summed E-state index contributed by atoms with van der Waals surface area (Å²) in [5, 5.41) is 16.3. The second-order valence-electron chi connectivity index (χ2n) is 6.90. The quantitative estimate of drug-likeness (QED) is 0.278. The minimum atomic E-state index is -0.421. The summed E-state index contributed by atoms with van der Waals surface area (Å²) in [6, 6.07) is 22.1. The molecule has 0 fully saturated rings. The molecule has 1 heterocycles. The molecule has 0 radical (unpaired) electrons. The molecule has 7 heteroatoms. The molecule has 7 nitrogen and oxygen atoms in total. The maximum atomic E-state index is 11.0. The van der Waals surface area contributed by atoms with E-state index in [9.17, 15) is 10.1 Å². The number of non-ortho nitro benzene ring substituents is 1. The molecular weight excluding hydrogens is 378 g/mol. The van der Waals surface area contributed by atoms with Gasteiger partial charge in [0.25, 0.3) is 5.69 Å². The van der Waals surface area contributed by atoms with E-state index in [1.54, 1.807) is 19.1 Å². The Morgan fingerprint density at radius 1 is 1.00 bits per heavy atom. The SMILES string of the molecule is CC(=NNc1nc(-c2ccc(C)cc2)nc2ccccc12)c1cccc([N+](=O)[O-])c1. The minimum Gasteiger partial charge on any atom is -0.260 e. The lowest BCUT2D eigenvalue weighted by molar-refractivity contribution is -0.384. The van der Waals surface area contributed by atoms with Crippen LogP contribution >= 0.6 is 0 Å². The fourth-order valence-corrected chi connectivity index (χ4v) is 3.04. The second kappa shape index (κ2) is 8.08. The van der Waals surface area contributed by atoms with Gasteiger partial charge in [-0.2, -0.15) is 5.10 Å². The summed E-state index contributed by atoms with van der Waals surface area (Å²) in [6.45, 7) is 3.82. The van der Waals surface area contributed by atoms with Crippen LogP contribution in [0.1, 0.15) is 18.1 Å². The number of aryl methyl sites for hydroxylation is 1. The topological polar surface area (TPSA) is 93.3 Å². The Labute approximate surface area is 173 Å². The predicted octanol–water partition coefficient (Wildman–Crippen LogP) is 5.35. The number of para-hydroxylation sites is 1. The largest absolute Gasteiger partial charge is 0.270 e. The summed E-state index contributed by atoms with van der Waals surface area (Å²) in [5.74, 6) is 1.17. The van der Waals surface area contributed by atoms with Gasteiger partial charge in [0, 0.05) is 28.6 Å². The molecule has 30 heavy (non-hydrogen) atoms. The lowest BCUT2D eigenvalue weighted by Crippen LogP contribution is -2.03. The normalized spacial score (nSPS) is 11.5. The van der Waals surface area contributed by atoms with Crippen molar-refractivity contribution < 1.29 is 4.92 Å². The second-order valence-corrected chi connectivity index (χ2v) is 6.90. The van der Waals surface area contributed by atoms with Crippen molar-refractivity contribution in [3.05, 3.63) is 94.0 Å². The zero-order valence-corrected chi connectivity index (χ0v) is 16.5. The molecule has 0 aliphatic heterocycles. The van der Waals surface area contributed by atoms with E-state index < -0.39 is 4.92 Å². The third-order valence-corrected chi connectivity index (χ3v) is 4.72. The molecule has 0 bridgehead atoms. The molecule has 1 aromatic heterocycles. The van der Waals surface area contributed by atoms with Gasteiger partial charge in [-0.05, 0) is 26.0 Å². The average Bonchev–Trinajstić information content (AvgIpc) is 2.77. The monoisotopic (exact) mass is 397 g/mol. The van der Waals surface area contributed by atoms with Gasteiger partial charge in [0.2, 0.25) is 0 Å². The fourth-order valence-electron chi connectivity index (χ4n) is 3.04. The van der Waals surface area contributed by atoms with Crippen LogP contribution in [0.15, 0.2) is 77.9 Å². The molecule has 0 amide bonds. The number of anilines is 1. The number of fused-ring (bicyclic) bond motifs is 1. The number of nitrogens with one attached hydrogen (secondary N) is 1. The van der Waals surface area contributed by atoms with E-state index in [4.69, 9.17) is 0 Å². The number of nitro benzene ring substituents is 1. The summed E-state index contributed by atoms with van der Waals surface area (Å²) < 4.78 is 0. The Balaban J connectivity index is 1.73. The predicted molar refractivity (Wildman–Crippen MR) is 119 cm³/mol. The average molecular weight is 397 g/mol. The Hall–Kier alpha value is -4.13. The number of nitrogens with zero attached hydrogens (tertiary/aromatic N) is 4. The zero-order valence-electron chi connectivity index (χ0n) is 16.5. The first-order valence-electron chi connectivity index (χ1n) is 9.40. The highest BCUT2D eigenvalue weighted by molar-refractivity contribution is 6.00. The number of hydrazone groups is 1. The maximum absolute atomic E-state index is 11.0. The van der Waals surface area contributed by atoms with Crippen LogP contribution in [0.3, 0.4) is 0 Å². The van der Waals surface area contributed by atoms with Gasteiger partial charge in [-0.3, -0.25) is 15.5 Å². The summed E-state index contributed by atoms with van der Waals surface area (Å²) in [4.78, 5) is 20.0. The Morgan fingerprint density at radius 2 is 1.77 bits per heavy atom. The van der Waals surface area contributed by atoms with Crippen molar-refractivity contribution in [1.82, 2.24) is 9.97 Å².